The molecule has 0 fully saturated rings. The largest absolute Gasteiger partial charge is 0.478 e. The summed E-state index contributed by atoms with van der Waals surface area (Å²) in [5, 5.41) is 0. The highest BCUT2D eigenvalue weighted by atomic mass is 32.2. The van der Waals surface area contributed by atoms with Gasteiger partial charge >= 0.3 is 5.66 Å². The second-order valence-corrected chi connectivity index (χ2v) is 9.75. The van der Waals surface area contributed by atoms with Gasteiger partial charge in [0.25, 0.3) is 0 Å². The maximum Gasteiger partial charge on any atom is 0.300 e. The van der Waals surface area contributed by atoms with Crippen molar-refractivity contribution in [2.45, 2.75) is 37.8 Å². The summed E-state index contributed by atoms with van der Waals surface area (Å²) in [5.74, 6) is -0.482. The predicted octanol–water partition coefficient (Wildman–Crippen LogP) is 6.70. The molecule has 0 bridgehead atoms. The first kappa shape index (κ1) is 26.8. The van der Waals surface area contributed by atoms with Crippen molar-refractivity contribution in [2.24, 2.45) is 0 Å². The summed E-state index contributed by atoms with van der Waals surface area (Å²) in [6.45, 7) is 6.17. The van der Waals surface area contributed by atoms with E-state index in [1.807, 2.05) is 20.8 Å². The number of halogens is 3. The Hall–Kier alpha value is -2.44. The normalized spacial score (nSPS) is 11.5. The van der Waals surface area contributed by atoms with E-state index in [9.17, 15) is 21.6 Å². The molecule has 4 nitrogen and oxygen atoms in total. The molecule has 0 amide bonds. The van der Waals surface area contributed by atoms with E-state index < -0.39 is 27.0 Å². The van der Waals surface area contributed by atoms with E-state index in [0.717, 1.165) is 6.26 Å². The van der Waals surface area contributed by atoms with Crippen LogP contribution in [-0.4, -0.2) is 26.3 Å². The van der Waals surface area contributed by atoms with Crippen LogP contribution < -0.4 is 4.74 Å². The molecule has 178 valence electrons. The molecule has 0 N–H and O–H groups in total. The highest BCUT2D eigenvalue weighted by Crippen LogP contribution is 2.45. The molecule has 0 aliphatic rings. The number of hydrogen-bond donors (Lipinski definition) is 0. The van der Waals surface area contributed by atoms with Crippen LogP contribution in [0.2, 0.25) is 0 Å². The van der Waals surface area contributed by atoms with Gasteiger partial charge in [0.05, 0.1) is 11.5 Å². The van der Waals surface area contributed by atoms with Gasteiger partial charge in [-0.3, -0.25) is 0 Å². The fraction of sp³-hybridized carbons (Fsp3) is 0.292. The Kier molecular flexibility index (Phi) is 9.04. The zero-order chi connectivity index (χ0) is 24.8. The van der Waals surface area contributed by atoms with Crippen molar-refractivity contribution in [1.29, 1.82) is 0 Å². The summed E-state index contributed by atoms with van der Waals surface area (Å²) >= 11 is 0. The maximum atomic E-state index is 14.6. The monoisotopic (exact) mass is 497 g/mol. The molecule has 1 atom stereocenters. The minimum absolute atomic E-state index is 0.0204. The van der Waals surface area contributed by atoms with E-state index in [2.05, 4.69) is 4.98 Å². The molecule has 3 rings (SSSR count). The SMILES string of the molecule is CC.CCCOc1cc(-c2ccc(S(C)(=O)=O)cc2)c(-c2ccc(F)cc2)c(C(F)(F)P)n1. The van der Waals surface area contributed by atoms with E-state index in [1.54, 1.807) is 0 Å². The van der Waals surface area contributed by atoms with Crippen LogP contribution in [0.15, 0.2) is 59.5 Å². The molecule has 0 radical (unpaired) electrons. The Morgan fingerprint density at radius 1 is 1.00 bits per heavy atom. The number of rotatable bonds is 7. The third kappa shape index (κ3) is 6.78. The molecular weight excluding hydrogens is 470 g/mol. The molecule has 1 unspecified atom stereocenters. The topological polar surface area (TPSA) is 56.3 Å². The molecule has 0 aliphatic heterocycles. The maximum absolute atomic E-state index is 14.6. The van der Waals surface area contributed by atoms with Gasteiger partial charge in [0.1, 0.15) is 11.5 Å². The van der Waals surface area contributed by atoms with Crippen molar-refractivity contribution >= 4 is 19.1 Å². The molecular formula is C24H27F3NO3PS. The summed E-state index contributed by atoms with van der Waals surface area (Å²) in [5.41, 5.74) is -2.63. The number of ether oxygens (including phenoxy) is 1. The Morgan fingerprint density at radius 2 is 1.55 bits per heavy atom. The second-order valence-electron chi connectivity index (χ2n) is 7.01. The van der Waals surface area contributed by atoms with Crippen molar-refractivity contribution in [1.82, 2.24) is 4.98 Å². The van der Waals surface area contributed by atoms with E-state index in [0.29, 0.717) is 23.1 Å². The van der Waals surface area contributed by atoms with E-state index >= 15 is 0 Å². The minimum Gasteiger partial charge on any atom is -0.478 e. The number of nitrogens with zero attached hydrogens (tertiary/aromatic N) is 1. The summed E-state index contributed by atoms with van der Waals surface area (Å²) in [7, 11) is -1.95. The summed E-state index contributed by atoms with van der Waals surface area (Å²) < 4.78 is 71.8. The fourth-order valence-electron chi connectivity index (χ4n) is 3.06. The molecule has 3 aromatic rings. The van der Waals surface area contributed by atoms with Gasteiger partial charge in [-0.1, -0.05) is 54.3 Å². The molecule has 9 heteroatoms. The van der Waals surface area contributed by atoms with Crippen LogP contribution in [0.25, 0.3) is 22.3 Å². The average Bonchev–Trinajstić information content (AvgIpc) is 2.78. The molecule has 0 saturated carbocycles. The lowest BCUT2D eigenvalue weighted by Crippen LogP contribution is -2.11. The van der Waals surface area contributed by atoms with Gasteiger partial charge in [0.2, 0.25) is 5.88 Å². The van der Waals surface area contributed by atoms with Crippen LogP contribution in [-0.2, 0) is 15.5 Å². The zero-order valence-corrected chi connectivity index (χ0v) is 20.9. The van der Waals surface area contributed by atoms with Crippen LogP contribution in [0.4, 0.5) is 13.2 Å². The van der Waals surface area contributed by atoms with Crippen molar-refractivity contribution in [3.05, 3.63) is 66.1 Å². The Morgan fingerprint density at radius 3 is 2.03 bits per heavy atom. The second kappa shape index (κ2) is 11.1. The van der Waals surface area contributed by atoms with Crippen molar-refractivity contribution in [3.8, 4) is 28.1 Å². The van der Waals surface area contributed by atoms with Crippen LogP contribution >= 0.6 is 9.24 Å². The van der Waals surface area contributed by atoms with Crippen LogP contribution in [0.1, 0.15) is 32.9 Å². The first-order valence-electron chi connectivity index (χ1n) is 10.4. The van der Waals surface area contributed by atoms with Gasteiger partial charge in [-0.05, 0) is 47.4 Å². The Labute approximate surface area is 195 Å². The molecule has 0 saturated heterocycles. The first-order chi connectivity index (χ1) is 15.5. The summed E-state index contributed by atoms with van der Waals surface area (Å²) in [4.78, 5) is 4.14. The van der Waals surface area contributed by atoms with Gasteiger partial charge in [-0.15, -0.1) is 0 Å². The molecule has 1 aromatic heterocycles. The zero-order valence-electron chi connectivity index (χ0n) is 18.9. The Balaban J connectivity index is 0.00000187. The van der Waals surface area contributed by atoms with Gasteiger partial charge in [0, 0.05) is 17.9 Å². The summed E-state index contributed by atoms with van der Waals surface area (Å²) in [6.07, 6.45) is 1.74. The Bertz CT molecular complexity index is 1180. The van der Waals surface area contributed by atoms with Crippen LogP contribution in [0.5, 0.6) is 5.88 Å². The minimum atomic E-state index is -3.42. The molecule has 0 aliphatic carbocycles. The summed E-state index contributed by atoms with van der Waals surface area (Å²) in [6, 6.07) is 12.6. The van der Waals surface area contributed by atoms with Crippen molar-refractivity contribution in [3.63, 3.8) is 0 Å². The predicted molar refractivity (Wildman–Crippen MR) is 129 cm³/mol. The van der Waals surface area contributed by atoms with Crippen molar-refractivity contribution < 1.29 is 26.3 Å². The molecule has 1 heterocycles. The number of pyridine rings is 1. The first-order valence-corrected chi connectivity index (χ1v) is 12.9. The third-order valence-electron chi connectivity index (χ3n) is 4.49. The standard InChI is InChI=1S/C22H21F3NO3PS.C2H6/c1-3-12-29-19-13-18(14-6-10-17(11-7-14)31(2,27)28)20(21(26-19)22(24,25)30)15-4-8-16(23)9-5-15;1-2/h4-11,13H,3,12,30H2,1-2H3;1-2H3. The average molecular weight is 498 g/mol. The highest BCUT2D eigenvalue weighted by molar-refractivity contribution is 7.90. The van der Waals surface area contributed by atoms with E-state index in [4.69, 9.17) is 4.74 Å². The highest BCUT2D eigenvalue weighted by Gasteiger charge is 2.33. The van der Waals surface area contributed by atoms with Gasteiger partial charge in [0.15, 0.2) is 9.84 Å². The molecule has 2 aromatic carbocycles. The smallest absolute Gasteiger partial charge is 0.300 e. The number of benzene rings is 2. The van der Waals surface area contributed by atoms with Gasteiger partial charge < -0.3 is 4.74 Å². The lowest BCUT2D eigenvalue weighted by molar-refractivity contribution is 0.0982. The third-order valence-corrected chi connectivity index (χ3v) is 5.89. The quantitative estimate of drug-likeness (QED) is 0.341. The number of sulfone groups is 1. The van der Waals surface area contributed by atoms with E-state index in [1.165, 1.54) is 63.8 Å². The number of hydrogen-bond acceptors (Lipinski definition) is 4. The van der Waals surface area contributed by atoms with Gasteiger partial charge in [-0.2, -0.15) is 8.78 Å². The molecule has 0 spiro atoms. The van der Waals surface area contributed by atoms with Crippen LogP contribution in [0.3, 0.4) is 0 Å². The van der Waals surface area contributed by atoms with E-state index in [-0.39, 0.29) is 22.9 Å². The fourth-order valence-corrected chi connectivity index (χ4v) is 3.90. The lowest BCUT2D eigenvalue weighted by atomic mass is 9.93. The van der Waals surface area contributed by atoms with Crippen LogP contribution in [0, 0.1) is 5.82 Å². The number of aromatic nitrogens is 1. The molecule has 33 heavy (non-hydrogen) atoms. The van der Waals surface area contributed by atoms with Gasteiger partial charge in [-0.25, -0.2) is 17.8 Å². The van der Waals surface area contributed by atoms with Crippen molar-refractivity contribution in [2.75, 3.05) is 12.9 Å². The number of alkyl halides is 2. The lowest BCUT2D eigenvalue weighted by Gasteiger charge is -2.20.